The lowest BCUT2D eigenvalue weighted by Gasteiger charge is -2.13. The summed E-state index contributed by atoms with van der Waals surface area (Å²) in [6.07, 6.45) is -5.64. The molecular formula is C17H13F3O4. The average Bonchev–Trinajstić information content (AvgIpc) is 2.59. The molecule has 0 saturated heterocycles. The predicted octanol–water partition coefficient (Wildman–Crippen LogP) is 3.44. The molecule has 0 radical (unpaired) electrons. The Labute approximate surface area is 135 Å². The van der Waals surface area contributed by atoms with E-state index in [2.05, 4.69) is 0 Å². The van der Waals surface area contributed by atoms with Crippen LogP contribution in [0.15, 0.2) is 42.5 Å². The van der Waals surface area contributed by atoms with Crippen LogP contribution in [-0.4, -0.2) is 24.3 Å². The zero-order valence-electron chi connectivity index (χ0n) is 12.5. The Kier molecular flexibility index (Phi) is 5.04. The first kappa shape index (κ1) is 17.7. The summed E-state index contributed by atoms with van der Waals surface area (Å²) >= 11 is 0. The summed E-state index contributed by atoms with van der Waals surface area (Å²) in [5, 5.41) is 10.1. The number of hydrogen-bond donors (Lipinski definition) is 1. The molecule has 1 N–H and O–H groups in total. The van der Waals surface area contributed by atoms with Gasteiger partial charge in [0.2, 0.25) is 0 Å². The Morgan fingerprint density at radius 3 is 2.29 bits per heavy atom. The van der Waals surface area contributed by atoms with Crippen molar-refractivity contribution in [2.75, 3.05) is 7.11 Å². The molecule has 2 aromatic carbocycles. The number of aliphatic hydroxyl groups excluding tert-OH is 1. The summed E-state index contributed by atoms with van der Waals surface area (Å²) in [6.45, 7) is 0. The Morgan fingerprint density at radius 1 is 1.17 bits per heavy atom. The van der Waals surface area contributed by atoms with Crippen molar-refractivity contribution in [2.24, 2.45) is 0 Å². The minimum Gasteiger partial charge on any atom is -0.496 e. The maximum Gasteiger partial charge on any atom is 0.416 e. The van der Waals surface area contributed by atoms with E-state index in [9.17, 15) is 27.9 Å². The van der Waals surface area contributed by atoms with E-state index in [1.807, 2.05) is 0 Å². The number of rotatable bonds is 5. The highest BCUT2D eigenvalue weighted by Crippen LogP contribution is 2.30. The van der Waals surface area contributed by atoms with Gasteiger partial charge in [-0.15, -0.1) is 0 Å². The molecule has 0 spiro atoms. The molecule has 0 aliphatic carbocycles. The second-order valence-corrected chi connectivity index (χ2v) is 4.96. The van der Waals surface area contributed by atoms with Crippen molar-refractivity contribution in [3.63, 3.8) is 0 Å². The molecular weight excluding hydrogens is 325 g/mol. The second kappa shape index (κ2) is 6.84. The summed E-state index contributed by atoms with van der Waals surface area (Å²) in [7, 11) is 1.36. The summed E-state index contributed by atoms with van der Waals surface area (Å²) in [6, 6.07) is 7.66. The quantitative estimate of drug-likeness (QED) is 0.670. The normalized spacial score (nSPS) is 12.5. The van der Waals surface area contributed by atoms with Crippen LogP contribution in [0.25, 0.3) is 0 Å². The Hall–Kier alpha value is -2.67. The Balaban J connectivity index is 2.28. The highest BCUT2D eigenvalue weighted by Gasteiger charge is 2.30. The molecule has 0 bridgehead atoms. The number of ketones is 1. The van der Waals surface area contributed by atoms with Crippen molar-refractivity contribution in [1.82, 2.24) is 0 Å². The van der Waals surface area contributed by atoms with Gasteiger partial charge >= 0.3 is 6.18 Å². The number of halogens is 3. The van der Waals surface area contributed by atoms with E-state index in [4.69, 9.17) is 4.74 Å². The van der Waals surface area contributed by atoms with E-state index in [-0.39, 0.29) is 22.4 Å². The van der Waals surface area contributed by atoms with Crippen LogP contribution in [0.2, 0.25) is 0 Å². The van der Waals surface area contributed by atoms with E-state index in [0.717, 1.165) is 24.3 Å². The predicted molar refractivity (Wildman–Crippen MR) is 79.1 cm³/mol. The monoisotopic (exact) mass is 338 g/mol. The van der Waals surface area contributed by atoms with Gasteiger partial charge in [0.05, 0.1) is 18.2 Å². The van der Waals surface area contributed by atoms with Crippen molar-refractivity contribution in [3.05, 3.63) is 64.7 Å². The lowest BCUT2D eigenvalue weighted by molar-refractivity contribution is -0.137. The number of carbonyl (C=O) groups is 2. The fraction of sp³-hybridized carbons (Fsp3) is 0.176. The van der Waals surface area contributed by atoms with Crippen LogP contribution in [-0.2, 0) is 6.18 Å². The van der Waals surface area contributed by atoms with E-state index in [1.54, 1.807) is 0 Å². The van der Waals surface area contributed by atoms with E-state index in [1.165, 1.54) is 25.3 Å². The van der Waals surface area contributed by atoms with E-state index < -0.39 is 23.6 Å². The summed E-state index contributed by atoms with van der Waals surface area (Å²) in [5.41, 5.74) is -0.677. The number of aldehydes is 1. The highest BCUT2D eigenvalue weighted by molar-refractivity contribution is 6.01. The van der Waals surface area contributed by atoms with Crippen molar-refractivity contribution in [1.29, 1.82) is 0 Å². The minimum absolute atomic E-state index is 0.0245. The molecule has 0 heterocycles. The number of methoxy groups -OCH3 is 1. The van der Waals surface area contributed by atoms with Crippen LogP contribution >= 0.6 is 0 Å². The van der Waals surface area contributed by atoms with Gasteiger partial charge in [-0.3, -0.25) is 9.59 Å². The van der Waals surface area contributed by atoms with Gasteiger partial charge in [-0.1, -0.05) is 12.1 Å². The zero-order valence-corrected chi connectivity index (χ0v) is 12.5. The van der Waals surface area contributed by atoms with Gasteiger partial charge in [-0.25, -0.2) is 0 Å². The molecule has 4 nitrogen and oxygen atoms in total. The molecule has 126 valence electrons. The maximum atomic E-state index is 12.5. The van der Waals surface area contributed by atoms with Crippen molar-refractivity contribution in [3.8, 4) is 5.75 Å². The molecule has 1 unspecified atom stereocenters. The molecule has 2 rings (SSSR count). The third kappa shape index (κ3) is 3.62. The number of hydrogen-bond acceptors (Lipinski definition) is 4. The molecule has 2 aromatic rings. The van der Waals surface area contributed by atoms with Gasteiger partial charge in [0, 0.05) is 5.56 Å². The van der Waals surface area contributed by atoms with Crippen molar-refractivity contribution >= 4 is 12.1 Å². The first-order valence-corrected chi connectivity index (χ1v) is 6.80. The fourth-order valence-corrected chi connectivity index (χ4v) is 2.14. The first-order chi connectivity index (χ1) is 11.3. The number of carbonyl (C=O) groups excluding carboxylic acids is 2. The topological polar surface area (TPSA) is 63.6 Å². The van der Waals surface area contributed by atoms with Gasteiger partial charge in [0.25, 0.3) is 0 Å². The smallest absolute Gasteiger partial charge is 0.416 e. The summed E-state index contributed by atoms with van der Waals surface area (Å²) in [5.74, 6) is -0.467. The molecule has 0 fully saturated rings. The van der Waals surface area contributed by atoms with Gasteiger partial charge in [0.15, 0.2) is 12.1 Å². The largest absolute Gasteiger partial charge is 0.496 e. The molecule has 0 saturated carbocycles. The van der Waals surface area contributed by atoms with E-state index >= 15 is 0 Å². The van der Waals surface area contributed by atoms with Crippen LogP contribution in [0.5, 0.6) is 5.75 Å². The van der Waals surface area contributed by atoms with Crippen LogP contribution < -0.4 is 4.74 Å². The average molecular weight is 338 g/mol. The third-order valence-corrected chi connectivity index (χ3v) is 3.44. The molecule has 24 heavy (non-hydrogen) atoms. The van der Waals surface area contributed by atoms with E-state index in [0.29, 0.717) is 6.29 Å². The number of aliphatic hydroxyl groups is 1. The summed E-state index contributed by atoms with van der Waals surface area (Å²) < 4.78 is 42.5. The zero-order chi connectivity index (χ0) is 17.9. The van der Waals surface area contributed by atoms with Gasteiger partial charge in [-0.2, -0.15) is 13.2 Å². The number of alkyl halides is 3. The van der Waals surface area contributed by atoms with Gasteiger partial charge < -0.3 is 9.84 Å². The second-order valence-electron chi connectivity index (χ2n) is 4.96. The molecule has 0 amide bonds. The number of benzene rings is 2. The van der Waals surface area contributed by atoms with Crippen LogP contribution in [0, 0.1) is 0 Å². The lowest BCUT2D eigenvalue weighted by Crippen LogP contribution is -2.13. The third-order valence-electron chi connectivity index (χ3n) is 3.44. The maximum absolute atomic E-state index is 12.5. The molecule has 1 atom stereocenters. The molecule has 0 aromatic heterocycles. The number of ether oxygens (including phenoxy) is 1. The van der Waals surface area contributed by atoms with Crippen LogP contribution in [0.3, 0.4) is 0 Å². The SMILES string of the molecule is COc1ccc(C(=O)C(O)c2ccc(C(F)(F)F)cc2)cc1C=O. The molecule has 0 aliphatic rings. The Morgan fingerprint density at radius 2 is 1.79 bits per heavy atom. The van der Waals surface area contributed by atoms with Crippen molar-refractivity contribution < 1.29 is 32.6 Å². The highest BCUT2D eigenvalue weighted by atomic mass is 19.4. The molecule has 7 heteroatoms. The van der Waals surface area contributed by atoms with Crippen molar-refractivity contribution in [2.45, 2.75) is 12.3 Å². The van der Waals surface area contributed by atoms with Crippen LogP contribution in [0.1, 0.15) is 37.9 Å². The standard InChI is InChI=1S/C17H13F3O4/c1-24-14-7-4-11(8-12(14)9-21)16(23)15(22)10-2-5-13(6-3-10)17(18,19)20/h2-9,15,22H,1H3. The van der Waals surface area contributed by atoms with Gasteiger partial charge in [-0.05, 0) is 35.9 Å². The first-order valence-electron chi connectivity index (χ1n) is 6.80. The lowest BCUT2D eigenvalue weighted by atomic mass is 9.97. The van der Waals surface area contributed by atoms with Crippen LogP contribution in [0.4, 0.5) is 13.2 Å². The molecule has 0 aliphatic heterocycles. The fourth-order valence-electron chi connectivity index (χ4n) is 2.14. The van der Waals surface area contributed by atoms with Gasteiger partial charge in [0.1, 0.15) is 11.9 Å². The number of Topliss-reactive ketones (excluding diaryl/α,β-unsaturated/α-hetero) is 1. The Bertz CT molecular complexity index is 751. The summed E-state index contributed by atoms with van der Waals surface area (Å²) in [4.78, 5) is 23.2. The minimum atomic E-state index is -4.50.